The van der Waals surface area contributed by atoms with E-state index in [1.807, 2.05) is 0 Å². The smallest absolute Gasteiger partial charge is 0.349 e. The van der Waals surface area contributed by atoms with E-state index in [0.29, 0.717) is 11.3 Å². The molecule has 0 radical (unpaired) electrons. The predicted molar refractivity (Wildman–Crippen MR) is 71.6 cm³/mol. The van der Waals surface area contributed by atoms with E-state index in [1.165, 1.54) is 0 Å². The van der Waals surface area contributed by atoms with E-state index in [9.17, 15) is 9.59 Å². The number of esters is 2. The zero-order valence-electron chi connectivity index (χ0n) is 11.0. The van der Waals surface area contributed by atoms with Crippen molar-refractivity contribution in [1.82, 2.24) is 14.9 Å². The fraction of sp³-hybridized carbons (Fsp3) is 0.143. The number of cyclic esters (lactones) is 2. The first kappa shape index (κ1) is 12.3. The van der Waals surface area contributed by atoms with E-state index in [2.05, 4.69) is 9.97 Å². The molecule has 0 aliphatic carbocycles. The molecule has 20 heavy (non-hydrogen) atoms. The maximum Gasteiger partial charge on any atom is 0.349 e. The summed E-state index contributed by atoms with van der Waals surface area (Å²) in [6.07, 6.45) is 3.19. The lowest BCUT2D eigenvalue weighted by molar-refractivity contribution is -0.131. The molecule has 0 bridgehead atoms. The van der Waals surface area contributed by atoms with Crippen LogP contribution in [0.1, 0.15) is 16.1 Å². The molecule has 100 valence electrons. The van der Waals surface area contributed by atoms with Gasteiger partial charge < -0.3 is 9.64 Å². The van der Waals surface area contributed by atoms with Crippen molar-refractivity contribution >= 4 is 28.5 Å². The number of hydrogen-bond donors (Lipinski definition) is 0. The van der Waals surface area contributed by atoms with Gasteiger partial charge in [0.25, 0.3) is 0 Å². The number of rotatable bonds is 1. The maximum absolute atomic E-state index is 11.8. The van der Waals surface area contributed by atoms with Gasteiger partial charge in [-0.15, -0.1) is 0 Å². The summed E-state index contributed by atoms with van der Waals surface area (Å²) >= 11 is 0. The highest BCUT2D eigenvalue weighted by molar-refractivity contribution is 6.25. The van der Waals surface area contributed by atoms with Crippen molar-refractivity contribution in [2.75, 3.05) is 14.1 Å². The van der Waals surface area contributed by atoms with E-state index >= 15 is 0 Å². The molecule has 0 spiro atoms. The number of hydrogen-bond acceptors (Lipinski definition) is 6. The molecular weight excluding hydrogens is 258 g/mol. The topological polar surface area (TPSA) is 72.4 Å². The summed E-state index contributed by atoms with van der Waals surface area (Å²) in [5, 5.41) is 0.724. The highest BCUT2D eigenvalue weighted by atomic mass is 16.6. The quantitative estimate of drug-likeness (QED) is 0.440. The van der Waals surface area contributed by atoms with Crippen LogP contribution in [0.3, 0.4) is 0 Å². The lowest BCUT2D eigenvalue weighted by Gasteiger charge is -2.18. The fourth-order valence-electron chi connectivity index (χ4n) is 2.03. The number of pyridine rings is 2. The van der Waals surface area contributed by atoms with Gasteiger partial charge in [0.1, 0.15) is 5.57 Å². The second kappa shape index (κ2) is 4.41. The minimum absolute atomic E-state index is 0.247. The Balaban J connectivity index is 2.31. The first-order chi connectivity index (χ1) is 9.56. The second-order valence-electron chi connectivity index (χ2n) is 4.62. The molecule has 0 amide bonds. The molecule has 0 unspecified atom stereocenters. The first-order valence-corrected chi connectivity index (χ1v) is 5.97. The lowest BCUT2D eigenvalue weighted by Crippen LogP contribution is -2.24. The molecule has 0 N–H and O–H groups in total. The highest BCUT2D eigenvalue weighted by Gasteiger charge is 2.31. The summed E-state index contributed by atoms with van der Waals surface area (Å²) in [5.41, 5.74) is 1.32. The van der Waals surface area contributed by atoms with Crippen molar-refractivity contribution in [2.45, 2.75) is 0 Å². The summed E-state index contributed by atoms with van der Waals surface area (Å²) in [6.45, 7) is 0. The largest absolute Gasteiger partial charge is 0.386 e. The van der Waals surface area contributed by atoms with Crippen LogP contribution in [0.5, 0.6) is 0 Å². The molecular formula is C14H11N3O3. The van der Waals surface area contributed by atoms with Gasteiger partial charge in [-0.1, -0.05) is 0 Å². The minimum atomic E-state index is -0.695. The van der Waals surface area contributed by atoms with Crippen LogP contribution in [0.15, 0.2) is 30.6 Å². The predicted octanol–water partition coefficient (Wildman–Crippen LogP) is 1.23. The standard InChI is InChI=1S/C14H11N3O3/c1-17(2)7-10-11-9(13(18)20-14(10)19)6-8-4-3-5-15-12(8)16-11/h3-7H,1-2H3/b10-7+. The summed E-state index contributed by atoms with van der Waals surface area (Å²) < 4.78 is 4.74. The van der Waals surface area contributed by atoms with Gasteiger partial charge in [-0.2, -0.15) is 0 Å². The Bertz CT molecular complexity index is 765. The van der Waals surface area contributed by atoms with Gasteiger partial charge in [0, 0.05) is 31.9 Å². The third kappa shape index (κ3) is 1.91. The molecule has 2 aromatic heterocycles. The van der Waals surface area contributed by atoms with Crippen LogP contribution in [0, 0.1) is 0 Å². The Hall–Kier alpha value is -2.76. The van der Waals surface area contributed by atoms with Crippen LogP contribution < -0.4 is 0 Å². The van der Waals surface area contributed by atoms with Crippen LogP contribution in [0.4, 0.5) is 0 Å². The lowest BCUT2D eigenvalue weighted by atomic mass is 10.0. The SMILES string of the molecule is CN(C)/C=C1/C(=O)OC(=O)c2cc3cccnc3nc21. The van der Waals surface area contributed by atoms with Crippen LogP contribution in [-0.4, -0.2) is 40.9 Å². The molecule has 1 aliphatic heterocycles. The Labute approximate surface area is 114 Å². The molecule has 0 aromatic carbocycles. The second-order valence-corrected chi connectivity index (χ2v) is 4.62. The van der Waals surface area contributed by atoms with E-state index in [1.54, 1.807) is 49.6 Å². The molecule has 0 saturated carbocycles. The molecule has 6 heteroatoms. The van der Waals surface area contributed by atoms with Gasteiger partial charge in [-0.25, -0.2) is 19.6 Å². The molecule has 1 aliphatic rings. The number of nitrogens with zero attached hydrogens (tertiary/aromatic N) is 3. The van der Waals surface area contributed by atoms with Crippen molar-refractivity contribution in [3.05, 3.63) is 41.9 Å². The minimum Gasteiger partial charge on any atom is -0.386 e. The van der Waals surface area contributed by atoms with E-state index in [-0.39, 0.29) is 11.1 Å². The maximum atomic E-state index is 11.8. The Morgan fingerprint density at radius 2 is 2.05 bits per heavy atom. The summed E-state index contributed by atoms with van der Waals surface area (Å²) in [6, 6.07) is 5.20. The van der Waals surface area contributed by atoms with Gasteiger partial charge in [0.2, 0.25) is 0 Å². The van der Waals surface area contributed by atoms with Crippen molar-refractivity contribution in [2.24, 2.45) is 0 Å². The normalized spacial score (nSPS) is 16.2. The molecule has 0 fully saturated rings. The summed E-state index contributed by atoms with van der Waals surface area (Å²) in [5.74, 6) is -1.38. The Kier molecular flexibility index (Phi) is 2.71. The average molecular weight is 269 g/mol. The van der Waals surface area contributed by atoms with Crippen LogP contribution in [0.25, 0.3) is 16.6 Å². The molecule has 6 nitrogen and oxygen atoms in total. The van der Waals surface area contributed by atoms with Crippen LogP contribution in [-0.2, 0) is 9.53 Å². The van der Waals surface area contributed by atoms with Crippen molar-refractivity contribution < 1.29 is 14.3 Å². The first-order valence-electron chi connectivity index (χ1n) is 5.97. The van der Waals surface area contributed by atoms with Gasteiger partial charge in [0.15, 0.2) is 5.65 Å². The average Bonchev–Trinajstić information content (AvgIpc) is 2.41. The van der Waals surface area contributed by atoms with E-state index in [4.69, 9.17) is 4.74 Å². The van der Waals surface area contributed by atoms with Gasteiger partial charge in [0.05, 0.1) is 11.3 Å². The molecule has 0 atom stereocenters. The third-order valence-corrected chi connectivity index (χ3v) is 2.86. The fourth-order valence-corrected chi connectivity index (χ4v) is 2.03. The number of aromatic nitrogens is 2. The van der Waals surface area contributed by atoms with Gasteiger partial charge in [-0.3, -0.25) is 0 Å². The Morgan fingerprint density at radius 1 is 1.25 bits per heavy atom. The van der Waals surface area contributed by atoms with Crippen molar-refractivity contribution in [3.8, 4) is 0 Å². The molecule has 2 aromatic rings. The number of carbonyl (C=O) groups excluding carboxylic acids is 2. The molecule has 3 rings (SSSR count). The Morgan fingerprint density at radius 3 is 2.80 bits per heavy atom. The zero-order chi connectivity index (χ0) is 14.3. The number of ether oxygens (including phenoxy) is 1. The van der Waals surface area contributed by atoms with Gasteiger partial charge >= 0.3 is 11.9 Å². The molecule has 0 saturated heterocycles. The van der Waals surface area contributed by atoms with Crippen molar-refractivity contribution in [3.63, 3.8) is 0 Å². The monoisotopic (exact) mass is 269 g/mol. The summed E-state index contributed by atoms with van der Waals surface area (Å²) in [4.78, 5) is 33.8. The zero-order valence-corrected chi connectivity index (χ0v) is 11.0. The van der Waals surface area contributed by atoms with E-state index < -0.39 is 11.9 Å². The van der Waals surface area contributed by atoms with Gasteiger partial charge in [-0.05, 0) is 18.2 Å². The van der Waals surface area contributed by atoms with Crippen molar-refractivity contribution in [1.29, 1.82) is 0 Å². The summed E-state index contributed by atoms with van der Waals surface area (Å²) in [7, 11) is 3.55. The van der Waals surface area contributed by atoms with E-state index in [0.717, 1.165) is 5.39 Å². The van der Waals surface area contributed by atoms with Crippen LogP contribution in [0.2, 0.25) is 0 Å². The highest BCUT2D eigenvalue weighted by Crippen LogP contribution is 2.27. The number of carbonyl (C=O) groups is 2. The molecule has 3 heterocycles. The van der Waals surface area contributed by atoms with Crippen LogP contribution >= 0.6 is 0 Å². The number of fused-ring (bicyclic) bond motifs is 2. The third-order valence-electron chi connectivity index (χ3n) is 2.86.